The Labute approximate surface area is 89.1 Å². The second-order valence-corrected chi connectivity index (χ2v) is 3.73. The van der Waals surface area contributed by atoms with Crippen molar-refractivity contribution in [1.82, 2.24) is 0 Å². The summed E-state index contributed by atoms with van der Waals surface area (Å²) in [7, 11) is 0. The molecule has 2 rings (SSSR count). The molecule has 1 aromatic carbocycles. The number of halogens is 2. The predicted molar refractivity (Wildman–Crippen MR) is 53.0 cm³/mol. The van der Waals surface area contributed by atoms with E-state index >= 15 is 0 Å². The summed E-state index contributed by atoms with van der Waals surface area (Å²) in [4.78, 5) is 0. The zero-order valence-corrected chi connectivity index (χ0v) is 8.93. The molecule has 1 heterocycles. The summed E-state index contributed by atoms with van der Waals surface area (Å²) in [5.74, 6) is 0.685. The van der Waals surface area contributed by atoms with Crippen LogP contribution in [0, 0.1) is 5.82 Å². The van der Waals surface area contributed by atoms with Gasteiger partial charge in [-0.15, -0.1) is 0 Å². The van der Waals surface area contributed by atoms with E-state index in [0.717, 1.165) is 0 Å². The molecule has 0 unspecified atom stereocenters. The van der Waals surface area contributed by atoms with Crippen LogP contribution in [0.15, 0.2) is 10.5 Å². The van der Waals surface area contributed by atoms with E-state index in [1.807, 2.05) is 0 Å². The average molecular weight is 262 g/mol. The lowest BCUT2D eigenvalue weighted by atomic mass is 10.1. The highest BCUT2D eigenvalue weighted by Gasteiger charge is 2.22. The van der Waals surface area contributed by atoms with Gasteiger partial charge in [0.05, 0.1) is 4.47 Å². The molecule has 14 heavy (non-hydrogen) atoms. The van der Waals surface area contributed by atoms with Crippen LogP contribution in [0.4, 0.5) is 4.39 Å². The van der Waals surface area contributed by atoms with Gasteiger partial charge in [0.1, 0.15) is 5.82 Å². The van der Waals surface area contributed by atoms with E-state index in [9.17, 15) is 4.39 Å². The van der Waals surface area contributed by atoms with Crippen molar-refractivity contribution in [3.05, 3.63) is 21.9 Å². The van der Waals surface area contributed by atoms with Gasteiger partial charge < -0.3 is 15.2 Å². The van der Waals surface area contributed by atoms with Gasteiger partial charge in [-0.25, -0.2) is 4.39 Å². The van der Waals surface area contributed by atoms with Gasteiger partial charge in [0.2, 0.25) is 6.79 Å². The molecule has 1 aliphatic rings. The van der Waals surface area contributed by atoms with Gasteiger partial charge in [-0.1, -0.05) is 0 Å². The van der Waals surface area contributed by atoms with Gasteiger partial charge >= 0.3 is 0 Å². The lowest BCUT2D eigenvalue weighted by Gasteiger charge is -2.06. The number of fused-ring (bicyclic) bond motifs is 1. The number of nitrogens with two attached hydrogens (primary N) is 1. The minimum absolute atomic E-state index is 0.138. The molecular weight excluding hydrogens is 253 g/mol. The topological polar surface area (TPSA) is 44.5 Å². The van der Waals surface area contributed by atoms with E-state index in [1.165, 1.54) is 0 Å². The summed E-state index contributed by atoms with van der Waals surface area (Å²) >= 11 is 3.13. The molecule has 0 spiro atoms. The molecule has 0 amide bonds. The standard InChI is InChI=1S/C9H9BrFNO2/c10-7-8(11)5(1-2-12)3-6-9(7)14-4-13-6/h3H,1-2,4,12H2. The molecule has 0 atom stereocenters. The van der Waals surface area contributed by atoms with Crippen LogP contribution >= 0.6 is 15.9 Å². The third-order valence-corrected chi connectivity index (χ3v) is 2.74. The normalized spacial score (nSPS) is 13.4. The first-order chi connectivity index (χ1) is 6.74. The van der Waals surface area contributed by atoms with Crippen molar-refractivity contribution in [2.24, 2.45) is 5.73 Å². The Morgan fingerprint density at radius 1 is 1.50 bits per heavy atom. The van der Waals surface area contributed by atoms with Gasteiger partial charge in [0.25, 0.3) is 0 Å². The first kappa shape index (κ1) is 9.73. The molecule has 5 heteroatoms. The second-order valence-electron chi connectivity index (χ2n) is 2.94. The zero-order valence-electron chi connectivity index (χ0n) is 7.35. The van der Waals surface area contributed by atoms with Crippen LogP contribution in [-0.4, -0.2) is 13.3 Å². The first-order valence-electron chi connectivity index (χ1n) is 4.20. The molecule has 76 valence electrons. The third kappa shape index (κ3) is 1.46. The van der Waals surface area contributed by atoms with Crippen molar-refractivity contribution < 1.29 is 13.9 Å². The van der Waals surface area contributed by atoms with Gasteiger partial charge in [0, 0.05) is 0 Å². The van der Waals surface area contributed by atoms with Crippen LogP contribution in [0.25, 0.3) is 0 Å². The van der Waals surface area contributed by atoms with E-state index < -0.39 is 0 Å². The van der Waals surface area contributed by atoms with E-state index in [-0.39, 0.29) is 12.6 Å². The molecule has 0 aliphatic carbocycles. The number of ether oxygens (including phenoxy) is 2. The van der Waals surface area contributed by atoms with E-state index in [4.69, 9.17) is 15.2 Å². The molecule has 0 bridgehead atoms. The maximum Gasteiger partial charge on any atom is 0.231 e. The van der Waals surface area contributed by atoms with Gasteiger partial charge in [-0.3, -0.25) is 0 Å². The fourth-order valence-electron chi connectivity index (χ4n) is 1.37. The van der Waals surface area contributed by atoms with Gasteiger partial charge in [-0.2, -0.15) is 0 Å². The summed E-state index contributed by atoms with van der Waals surface area (Å²) in [5, 5.41) is 0. The summed E-state index contributed by atoms with van der Waals surface area (Å²) < 4.78 is 24.2. The Morgan fingerprint density at radius 2 is 2.29 bits per heavy atom. The molecule has 0 fully saturated rings. The zero-order chi connectivity index (χ0) is 10.1. The Bertz CT molecular complexity index is 370. The minimum atomic E-state index is -0.320. The average Bonchev–Trinajstić information content (AvgIpc) is 2.62. The fourth-order valence-corrected chi connectivity index (χ4v) is 1.93. The SMILES string of the molecule is NCCc1cc2c(c(Br)c1F)OCO2. The van der Waals surface area contributed by atoms with Gasteiger partial charge in [0.15, 0.2) is 11.5 Å². The summed E-state index contributed by atoms with van der Waals surface area (Å²) in [6, 6.07) is 1.63. The number of rotatable bonds is 2. The molecule has 0 radical (unpaired) electrons. The number of benzene rings is 1. The number of hydrogen-bond acceptors (Lipinski definition) is 3. The Kier molecular flexibility index (Phi) is 2.60. The van der Waals surface area contributed by atoms with Crippen molar-refractivity contribution >= 4 is 15.9 Å². The highest BCUT2D eigenvalue weighted by Crippen LogP contribution is 2.42. The number of hydrogen-bond donors (Lipinski definition) is 1. The van der Waals surface area contributed by atoms with Crippen molar-refractivity contribution in [3.63, 3.8) is 0 Å². The van der Waals surface area contributed by atoms with Crippen LogP contribution in [-0.2, 0) is 6.42 Å². The lowest BCUT2D eigenvalue weighted by molar-refractivity contribution is 0.173. The van der Waals surface area contributed by atoms with E-state index in [0.29, 0.717) is 34.5 Å². The smallest absolute Gasteiger partial charge is 0.231 e. The largest absolute Gasteiger partial charge is 0.454 e. The molecule has 0 saturated carbocycles. The molecular formula is C9H9BrFNO2. The first-order valence-corrected chi connectivity index (χ1v) is 5.00. The maximum absolute atomic E-state index is 13.6. The van der Waals surface area contributed by atoms with Crippen LogP contribution in [0.3, 0.4) is 0 Å². The van der Waals surface area contributed by atoms with Crippen LogP contribution in [0.2, 0.25) is 0 Å². The molecule has 3 nitrogen and oxygen atoms in total. The summed E-state index contributed by atoms with van der Waals surface area (Å²) in [5.41, 5.74) is 5.92. The van der Waals surface area contributed by atoms with Crippen LogP contribution < -0.4 is 15.2 Å². The Hall–Kier alpha value is -0.810. The molecule has 0 saturated heterocycles. The summed E-state index contributed by atoms with van der Waals surface area (Å²) in [6.45, 7) is 0.544. The highest BCUT2D eigenvalue weighted by molar-refractivity contribution is 9.10. The van der Waals surface area contributed by atoms with Crippen LogP contribution in [0.5, 0.6) is 11.5 Å². The van der Waals surface area contributed by atoms with E-state index in [1.54, 1.807) is 6.07 Å². The monoisotopic (exact) mass is 261 g/mol. The fraction of sp³-hybridized carbons (Fsp3) is 0.333. The molecule has 0 aromatic heterocycles. The van der Waals surface area contributed by atoms with Gasteiger partial charge in [-0.05, 0) is 40.5 Å². The summed E-state index contributed by atoms with van der Waals surface area (Å²) in [6.07, 6.45) is 0.487. The molecule has 1 aromatic rings. The van der Waals surface area contributed by atoms with Crippen molar-refractivity contribution in [2.45, 2.75) is 6.42 Å². The maximum atomic E-state index is 13.6. The van der Waals surface area contributed by atoms with Crippen molar-refractivity contribution in [2.75, 3.05) is 13.3 Å². The van der Waals surface area contributed by atoms with Crippen molar-refractivity contribution in [1.29, 1.82) is 0 Å². The second kappa shape index (κ2) is 3.74. The lowest BCUT2D eigenvalue weighted by Crippen LogP contribution is -2.04. The predicted octanol–water partition coefficient (Wildman–Crippen LogP) is 1.82. The Balaban J connectivity index is 2.49. The third-order valence-electron chi connectivity index (χ3n) is 2.03. The van der Waals surface area contributed by atoms with Crippen LogP contribution in [0.1, 0.15) is 5.56 Å². The van der Waals surface area contributed by atoms with Crippen molar-refractivity contribution in [3.8, 4) is 11.5 Å². The van der Waals surface area contributed by atoms with E-state index in [2.05, 4.69) is 15.9 Å². The Morgan fingerprint density at radius 3 is 3.00 bits per heavy atom. The highest BCUT2D eigenvalue weighted by atomic mass is 79.9. The molecule has 2 N–H and O–H groups in total. The minimum Gasteiger partial charge on any atom is -0.454 e. The molecule has 1 aliphatic heterocycles. The quantitative estimate of drug-likeness (QED) is 0.884.